The summed E-state index contributed by atoms with van der Waals surface area (Å²) in [4.78, 5) is 46.0. The first-order valence-electron chi connectivity index (χ1n) is 18.9. The van der Waals surface area contributed by atoms with Gasteiger partial charge in [-0.3, -0.25) is 14.4 Å². The zero-order valence-corrected chi connectivity index (χ0v) is 32.7. The van der Waals surface area contributed by atoms with Gasteiger partial charge in [0.05, 0.1) is 38.4 Å². The number of carbonyl (C=O) groups excluding carboxylic acids is 2. The summed E-state index contributed by atoms with van der Waals surface area (Å²) in [5.74, 6) is 1.40. The maximum atomic E-state index is 13.9. The number of esters is 1. The number of amides is 1. The van der Waals surface area contributed by atoms with Crippen LogP contribution in [0.2, 0.25) is 0 Å². The summed E-state index contributed by atoms with van der Waals surface area (Å²) in [7, 11) is 3.24. The van der Waals surface area contributed by atoms with E-state index in [4.69, 9.17) is 23.4 Å². The molecule has 1 saturated heterocycles. The number of methoxy groups -OCH3 is 2. The molecule has 0 radical (unpaired) electrons. The Morgan fingerprint density at radius 1 is 0.825 bits per heavy atom. The van der Waals surface area contributed by atoms with Crippen LogP contribution >= 0.6 is 0 Å². The van der Waals surface area contributed by atoms with E-state index in [0.29, 0.717) is 46.0 Å². The van der Waals surface area contributed by atoms with E-state index >= 15 is 0 Å². The minimum absolute atomic E-state index is 0.0397. The second kappa shape index (κ2) is 16.2. The number of aliphatic hydroxyl groups is 1. The third-order valence-electron chi connectivity index (χ3n) is 10.3. The Hall–Kier alpha value is -6.04. The van der Waals surface area contributed by atoms with E-state index in [0.717, 1.165) is 16.7 Å². The van der Waals surface area contributed by atoms with Gasteiger partial charge in [-0.15, -0.1) is 0 Å². The Kier molecular flexibility index (Phi) is 11.1. The second-order valence-corrected chi connectivity index (χ2v) is 15.3. The smallest absolute Gasteiger partial charge is 0.316 e. The van der Waals surface area contributed by atoms with E-state index < -0.39 is 23.2 Å². The minimum atomic E-state index is -1.09. The third kappa shape index (κ3) is 8.26. The van der Waals surface area contributed by atoms with Gasteiger partial charge in [-0.05, 0) is 92.8 Å². The van der Waals surface area contributed by atoms with Crippen LogP contribution in [-0.2, 0) is 26.3 Å². The SMILES string of the molecule is COc1ccc(C(OC[C@@H]2C[C@@H](O)CN2C(=O)CCc2cc3nc4ccc(OC(=O)C(C)(C)C)cc4oc-3cc2=O)(c2ccccc2)c2ccc(OC)cc2)cc1. The fraction of sp³-hybridized carbons (Fsp3) is 0.304. The molecule has 0 spiro atoms. The monoisotopic (exact) mass is 770 g/mol. The number of ether oxygens (including phenoxy) is 4. The highest BCUT2D eigenvalue weighted by Crippen LogP contribution is 2.42. The molecule has 0 aromatic heterocycles. The zero-order chi connectivity index (χ0) is 40.3. The molecule has 11 nitrogen and oxygen atoms in total. The first-order valence-corrected chi connectivity index (χ1v) is 18.9. The van der Waals surface area contributed by atoms with Crippen molar-refractivity contribution >= 4 is 23.0 Å². The standard InChI is InChI=1S/C46H46N2O9/c1-45(2,3)44(52)56-37-20-21-38-41(25-37)57-42-26-40(50)29(23-39(42)47-38)11-22-43(51)48-27-34(49)24-33(48)28-55-46(30-9-7-6-8-10-30,31-12-16-35(53-4)17-13-31)32-14-18-36(54-5)19-15-32/h6-10,12-21,23,25-26,33-34,49H,11,22,24,27-28H2,1-5H3/t33-,34+/m0/s1. The number of hydrogen-bond acceptors (Lipinski definition) is 10. The van der Waals surface area contributed by atoms with Crippen LogP contribution in [0, 0.1) is 5.41 Å². The van der Waals surface area contributed by atoms with Crippen LogP contribution in [0.15, 0.2) is 118 Å². The van der Waals surface area contributed by atoms with Gasteiger partial charge in [0, 0.05) is 30.7 Å². The Bertz CT molecular complexity index is 2340. The summed E-state index contributed by atoms with van der Waals surface area (Å²) < 4.78 is 29.5. The molecule has 0 unspecified atom stereocenters. The Balaban J connectivity index is 1.12. The molecule has 294 valence electrons. The maximum Gasteiger partial charge on any atom is 0.316 e. The quantitative estimate of drug-likeness (QED) is 0.0591. The van der Waals surface area contributed by atoms with Crippen LogP contribution in [0.5, 0.6) is 17.2 Å². The number of nitrogens with zero attached hydrogens (tertiary/aromatic N) is 2. The van der Waals surface area contributed by atoms with Crippen molar-refractivity contribution in [3.05, 3.63) is 142 Å². The fourth-order valence-corrected chi connectivity index (χ4v) is 7.23. The summed E-state index contributed by atoms with van der Waals surface area (Å²) in [6, 6.07) is 32.8. The predicted molar refractivity (Wildman–Crippen MR) is 215 cm³/mol. The van der Waals surface area contributed by atoms with Crippen LogP contribution in [0.1, 0.15) is 55.9 Å². The highest BCUT2D eigenvalue weighted by molar-refractivity contribution is 5.82. The lowest BCUT2D eigenvalue weighted by Crippen LogP contribution is -2.42. The largest absolute Gasteiger partial charge is 0.497 e. The van der Waals surface area contributed by atoms with Crippen molar-refractivity contribution < 1.29 is 38.1 Å². The zero-order valence-electron chi connectivity index (χ0n) is 32.7. The normalized spacial score (nSPS) is 15.9. The molecule has 1 fully saturated rings. The van der Waals surface area contributed by atoms with Crippen LogP contribution in [0.3, 0.4) is 0 Å². The molecule has 1 N–H and O–H groups in total. The van der Waals surface area contributed by atoms with Gasteiger partial charge in [0.2, 0.25) is 5.91 Å². The summed E-state index contributed by atoms with van der Waals surface area (Å²) in [6.45, 7) is 5.57. The van der Waals surface area contributed by atoms with Gasteiger partial charge in [-0.25, -0.2) is 4.98 Å². The fourth-order valence-electron chi connectivity index (χ4n) is 7.23. The van der Waals surface area contributed by atoms with Gasteiger partial charge in [-0.1, -0.05) is 54.6 Å². The van der Waals surface area contributed by atoms with Crippen LogP contribution in [-0.4, -0.2) is 66.4 Å². The van der Waals surface area contributed by atoms with Crippen molar-refractivity contribution in [2.24, 2.45) is 5.41 Å². The summed E-state index contributed by atoms with van der Waals surface area (Å²) in [5.41, 5.74) is 2.28. The Morgan fingerprint density at radius 2 is 1.44 bits per heavy atom. The van der Waals surface area contributed by atoms with E-state index in [1.165, 1.54) is 6.07 Å². The highest BCUT2D eigenvalue weighted by atomic mass is 16.5. The Morgan fingerprint density at radius 3 is 2.05 bits per heavy atom. The van der Waals surface area contributed by atoms with Gasteiger partial charge in [-0.2, -0.15) is 0 Å². The number of β-amino-alcohol motifs (C(OH)–C–C–N with tert-alkyl or cyclic N) is 1. The number of fused-ring (bicyclic) bond motifs is 2. The van der Waals surface area contributed by atoms with Crippen molar-refractivity contribution in [1.29, 1.82) is 0 Å². The van der Waals surface area contributed by atoms with Crippen molar-refractivity contribution in [3.8, 4) is 28.7 Å². The number of benzene rings is 5. The molecule has 1 amide bonds. The Labute approximate surface area is 331 Å². The third-order valence-corrected chi connectivity index (χ3v) is 10.3. The molecule has 4 aromatic carbocycles. The molecule has 0 bridgehead atoms. The number of aryl methyl sites for hydroxylation is 1. The molecule has 0 saturated carbocycles. The van der Waals surface area contributed by atoms with Gasteiger partial charge in [0.15, 0.2) is 16.8 Å². The molecule has 2 aliphatic heterocycles. The first-order chi connectivity index (χ1) is 27.4. The lowest BCUT2D eigenvalue weighted by atomic mass is 9.80. The molecule has 1 aliphatic carbocycles. The van der Waals surface area contributed by atoms with Gasteiger partial charge < -0.3 is 33.4 Å². The topological polar surface area (TPSA) is 138 Å². The number of aliphatic hydroxyl groups excluding tert-OH is 1. The molecule has 57 heavy (non-hydrogen) atoms. The van der Waals surface area contributed by atoms with Crippen LogP contribution in [0.4, 0.5) is 0 Å². The van der Waals surface area contributed by atoms with Crippen LogP contribution < -0.4 is 19.6 Å². The molecule has 2 heterocycles. The molecule has 11 heteroatoms. The van der Waals surface area contributed by atoms with E-state index in [1.54, 1.807) is 64.2 Å². The second-order valence-electron chi connectivity index (χ2n) is 15.3. The van der Waals surface area contributed by atoms with Crippen molar-refractivity contribution in [2.75, 3.05) is 27.4 Å². The van der Waals surface area contributed by atoms with Gasteiger partial charge in [0.25, 0.3) is 0 Å². The predicted octanol–water partition coefficient (Wildman–Crippen LogP) is 7.16. The average molecular weight is 771 g/mol. The lowest BCUT2D eigenvalue weighted by Gasteiger charge is -2.38. The minimum Gasteiger partial charge on any atom is -0.497 e. The summed E-state index contributed by atoms with van der Waals surface area (Å²) in [5, 5.41) is 10.9. The van der Waals surface area contributed by atoms with Crippen molar-refractivity contribution in [1.82, 2.24) is 9.88 Å². The van der Waals surface area contributed by atoms with Crippen molar-refractivity contribution in [3.63, 3.8) is 0 Å². The molecule has 2 atom stereocenters. The van der Waals surface area contributed by atoms with Gasteiger partial charge in [0.1, 0.15) is 34.1 Å². The average Bonchev–Trinajstić information content (AvgIpc) is 3.60. The molecule has 7 rings (SSSR count). The van der Waals surface area contributed by atoms with E-state index in [-0.39, 0.29) is 49.1 Å². The number of rotatable bonds is 12. The number of aromatic nitrogens is 1. The molecular formula is C46H46N2O9. The number of hydrogen-bond donors (Lipinski definition) is 1. The molecule has 4 aromatic rings. The molecular weight excluding hydrogens is 725 g/mol. The highest BCUT2D eigenvalue weighted by Gasteiger charge is 2.41. The van der Waals surface area contributed by atoms with E-state index in [2.05, 4.69) is 4.98 Å². The van der Waals surface area contributed by atoms with Crippen molar-refractivity contribution in [2.45, 2.75) is 57.8 Å². The number of carbonyl (C=O) groups is 2. The van der Waals surface area contributed by atoms with Gasteiger partial charge >= 0.3 is 5.97 Å². The lowest BCUT2D eigenvalue weighted by molar-refractivity contribution is -0.143. The van der Waals surface area contributed by atoms with Crippen LogP contribution in [0.25, 0.3) is 22.6 Å². The summed E-state index contributed by atoms with van der Waals surface area (Å²) in [6.07, 6.45) is -0.193. The van der Waals surface area contributed by atoms with E-state index in [9.17, 15) is 19.5 Å². The maximum absolute atomic E-state index is 13.9. The number of likely N-dealkylation sites (tertiary alicyclic amines) is 1. The van der Waals surface area contributed by atoms with E-state index in [1.807, 2.05) is 78.9 Å². The first kappa shape index (κ1) is 39.2. The molecule has 3 aliphatic rings. The summed E-state index contributed by atoms with van der Waals surface area (Å²) >= 11 is 0.